The number of halogens is 1. The summed E-state index contributed by atoms with van der Waals surface area (Å²) in [6.07, 6.45) is 9.32. The van der Waals surface area contributed by atoms with Crippen molar-refractivity contribution in [1.29, 1.82) is 0 Å². The Hall–Kier alpha value is -2.85. The number of rotatable bonds is 7. The second-order valence-electron chi connectivity index (χ2n) is 12.1. The molecule has 0 radical (unpaired) electrons. The van der Waals surface area contributed by atoms with Crippen molar-refractivity contribution in [2.75, 3.05) is 0 Å². The van der Waals surface area contributed by atoms with Crippen molar-refractivity contribution in [1.82, 2.24) is 9.13 Å². The topological polar surface area (TPSA) is 44.0 Å². The number of carbonyl (C=O) groups is 2. The third-order valence-electron chi connectivity index (χ3n) is 7.90. The van der Waals surface area contributed by atoms with Crippen LogP contribution in [-0.4, -0.2) is 20.7 Å². The zero-order valence-electron chi connectivity index (χ0n) is 24.6. The van der Waals surface area contributed by atoms with Crippen molar-refractivity contribution in [2.24, 2.45) is 17.8 Å². The molecule has 2 aromatic heterocycles. The molecule has 4 aromatic rings. The number of hydrogen-bond acceptors (Lipinski definition) is 2. The SMILES string of the molecule is C.CC(C)C(=O)c1cn(CC2CCCC2)c2cc(Cl)ccc12.Cc1ccc2c(C(=O)C(C)C)cn(C(C)C)c2c1. The van der Waals surface area contributed by atoms with Crippen LogP contribution in [0, 0.1) is 24.7 Å². The average Bonchev–Trinajstić information content (AvgIpc) is 3.61. The fraction of sp³-hybridized carbons (Fsp3) is 0.486. The van der Waals surface area contributed by atoms with Gasteiger partial charge in [0.15, 0.2) is 11.6 Å². The van der Waals surface area contributed by atoms with Crippen molar-refractivity contribution in [3.8, 4) is 0 Å². The maximum Gasteiger partial charge on any atom is 0.167 e. The smallest absolute Gasteiger partial charge is 0.167 e. The lowest BCUT2D eigenvalue weighted by Crippen LogP contribution is -2.08. The van der Waals surface area contributed by atoms with Gasteiger partial charge in [-0.05, 0) is 63.3 Å². The lowest BCUT2D eigenvalue weighted by molar-refractivity contribution is 0.0933. The Morgan fingerprint density at radius 3 is 1.95 bits per heavy atom. The van der Waals surface area contributed by atoms with Crippen molar-refractivity contribution in [3.63, 3.8) is 0 Å². The summed E-state index contributed by atoms with van der Waals surface area (Å²) in [7, 11) is 0. The molecule has 0 amide bonds. The predicted octanol–water partition coefficient (Wildman–Crippen LogP) is 10.3. The van der Waals surface area contributed by atoms with Gasteiger partial charge in [0.2, 0.25) is 0 Å². The highest BCUT2D eigenvalue weighted by atomic mass is 35.5. The van der Waals surface area contributed by atoms with E-state index in [1.165, 1.54) is 31.2 Å². The number of carbonyl (C=O) groups excluding carboxylic acids is 2. The second-order valence-corrected chi connectivity index (χ2v) is 12.5. The van der Waals surface area contributed by atoms with Crippen LogP contribution in [0.4, 0.5) is 0 Å². The van der Waals surface area contributed by atoms with Crippen LogP contribution in [-0.2, 0) is 6.54 Å². The fourth-order valence-electron chi connectivity index (χ4n) is 5.69. The van der Waals surface area contributed by atoms with Gasteiger partial charge >= 0.3 is 0 Å². The molecular weight excluding hydrogens is 516 g/mol. The summed E-state index contributed by atoms with van der Waals surface area (Å²) in [5.74, 6) is 1.24. The van der Waals surface area contributed by atoms with E-state index in [2.05, 4.69) is 48.1 Å². The normalized spacial score (nSPS) is 13.8. The molecule has 0 aliphatic heterocycles. The molecule has 2 aromatic carbocycles. The van der Waals surface area contributed by atoms with Gasteiger partial charge in [0.05, 0.1) is 5.52 Å². The molecule has 0 saturated heterocycles. The van der Waals surface area contributed by atoms with Crippen molar-refractivity contribution >= 4 is 45.0 Å². The number of nitrogens with zero attached hydrogens (tertiary/aromatic N) is 2. The molecule has 4 nitrogen and oxygen atoms in total. The van der Waals surface area contributed by atoms with Crippen LogP contribution in [0.2, 0.25) is 5.02 Å². The Balaban J connectivity index is 0.000000218. The van der Waals surface area contributed by atoms with Crippen LogP contribution >= 0.6 is 11.6 Å². The predicted molar refractivity (Wildman–Crippen MR) is 171 cm³/mol. The van der Waals surface area contributed by atoms with Crippen LogP contribution in [0.3, 0.4) is 0 Å². The summed E-state index contributed by atoms with van der Waals surface area (Å²) in [6, 6.07) is 12.5. The second kappa shape index (κ2) is 13.2. The third kappa shape index (κ3) is 6.71. The van der Waals surface area contributed by atoms with Gasteiger partial charge in [-0.3, -0.25) is 9.59 Å². The number of aromatic nitrogens is 2. The van der Waals surface area contributed by atoms with Gasteiger partial charge in [0.25, 0.3) is 0 Å². The Morgan fingerprint density at radius 2 is 1.38 bits per heavy atom. The summed E-state index contributed by atoms with van der Waals surface area (Å²) in [4.78, 5) is 24.7. The van der Waals surface area contributed by atoms with Crippen LogP contribution in [0.15, 0.2) is 48.8 Å². The van der Waals surface area contributed by atoms with E-state index in [0.717, 1.165) is 50.4 Å². The average molecular weight is 563 g/mol. The fourth-order valence-corrected chi connectivity index (χ4v) is 5.86. The first-order valence-corrected chi connectivity index (χ1v) is 14.8. The Morgan fingerprint density at radius 1 is 0.825 bits per heavy atom. The zero-order chi connectivity index (χ0) is 28.4. The maximum atomic E-state index is 12.4. The third-order valence-corrected chi connectivity index (χ3v) is 8.13. The molecule has 1 fully saturated rings. The van der Waals surface area contributed by atoms with E-state index in [1.54, 1.807) is 0 Å². The Kier molecular flexibility index (Phi) is 10.5. The van der Waals surface area contributed by atoms with E-state index in [4.69, 9.17) is 11.6 Å². The van der Waals surface area contributed by atoms with Gasteiger partial charge < -0.3 is 9.13 Å². The molecule has 1 aliphatic carbocycles. The molecule has 0 atom stereocenters. The van der Waals surface area contributed by atoms with E-state index >= 15 is 0 Å². The maximum absolute atomic E-state index is 12.4. The first kappa shape index (κ1) is 31.7. The summed E-state index contributed by atoms with van der Waals surface area (Å²) in [5, 5.41) is 2.85. The van der Waals surface area contributed by atoms with Crippen LogP contribution < -0.4 is 0 Å². The Labute approximate surface area is 245 Å². The number of aryl methyl sites for hydroxylation is 1. The summed E-state index contributed by atoms with van der Waals surface area (Å²) in [6.45, 7) is 15.2. The van der Waals surface area contributed by atoms with E-state index in [9.17, 15) is 9.59 Å². The molecule has 5 rings (SSSR count). The van der Waals surface area contributed by atoms with Gasteiger partial charge in [0, 0.05) is 69.3 Å². The highest BCUT2D eigenvalue weighted by molar-refractivity contribution is 6.31. The van der Waals surface area contributed by atoms with Crippen LogP contribution in [0.1, 0.15) is 107 Å². The standard InChI is InChI=1S/C18H22ClNO.C16H21NO.CH4/c1-12(2)18(21)16-11-20(10-13-5-3-4-6-13)17-9-14(19)7-8-15(16)17;1-10(2)16(18)14-9-17(11(3)4)15-8-12(5)6-7-13(14)15;/h7-9,11-13H,3-6,10H2,1-2H3;6-11H,1-5H3;1H4. The summed E-state index contributed by atoms with van der Waals surface area (Å²) in [5.41, 5.74) is 5.18. The number of Topliss-reactive ketones (excluding diaryl/α,β-unsaturated/α-hetero) is 2. The minimum absolute atomic E-state index is 0. The van der Waals surface area contributed by atoms with Gasteiger partial charge in [0.1, 0.15) is 0 Å². The first-order valence-electron chi connectivity index (χ1n) is 14.5. The van der Waals surface area contributed by atoms with E-state index in [1.807, 2.05) is 58.3 Å². The summed E-state index contributed by atoms with van der Waals surface area (Å²) < 4.78 is 4.44. The molecular formula is C35H47ClN2O2. The molecule has 40 heavy (non-hydrogen) atoms. The van der Waals surface area contributed by atoms with Crippen molar-refractivity contribution in [2.45, 2.75) is 94.2 Å². The number of fused-ring (bicyclic) bond motifs is 2. The summed E-state index contributed by atoms with van der Waals surface area (Å²) >= 11 is 6.16. The Bertz CT molecular complexity index is 1480. The molecule has 0 unspecified atom stereocenters. The van der Waals surface area contributed by atoms with E-state index < -0.39 is 0 Å². The van der Waals surface area contributed by atoms with E-state index in [0.29, 0.717) is 6.04 Å². The molecule has 0 bridgehead atoms. The zero-order valence-corrected chi connectivity index (χ0v) is 25.3. The number of hydrogen-bond donors (Lipinski definition) is 0. The number of ketones is 2. The monoisotopic (exact) mass is 562 g/mol. The minimum Gasteiger partial charge on any atom is -0.346 e. The highest BCUT2D eigenvalue weighted by Crippen LogP contribution is 2.31. The highest BCUT2D eigenvalue weighted by Gasteiger charge is 2.21. The molecule has 1 saturated carbocycles. The lowest BCUT2D eigenvalue weighted by atomic mass is 10.0. The van der Waals surface area contributed by atoms with Gasteiger partial charge in [-0.2, -0.15) is 0 Å². The molecule has 0 N–H and O–H groups in total. The van der Waals surface area contributed by atoms with E-state index in [-0.39, 0.29) is 30.8 Å². The van der Waals surface area contributed by atoms with Gasteiger partial charge in [-0.25, -0.2) is 0 Å². The molecule has 5 heteroatoms. The van der Waals surface area contributed by atoms with Gasteiger partial charge in [-0.1, -0.05) is 77.8 Å². The van der Waals surface area contributed by atoms with Gasteiger partial charge in [-0.15, -0.1) is 0 Å². The van der Waals surface area contributed by atoms with Crippen molar-refractivity contribution < 1.29 is 9.59 Å². The largest absolute Gasteiger partial charge is 0.346 e. The first-order chi connectivity index (χ1) is 18.5. The van der Waals surface area contributed by atoms with Crippen LogP contribution in [0.25, 0.3) is 21.8 Å². The minimum atomic E-state index is 0. The molecule has 216 valence electrons. The molecule has 0 spiro atoms. The van der Waals surface area contributed by atoms with Crippen molar-refractivity contribution in [3.05, 3.63) is 70.5 Å². The molecule has 1 aliphatic rings. The lowest BCUT2D eigenvalue weighted by Gasteiger charge is -2.11. The quantitative estimate of drug-likeness (QED) is 0.210. The number of benzene rings is 2. The molecule has 2 heterocycles. The van der Waals surface area contributed by atoms with Crippen LogP contribution in [0.5, 0.6) is 0 Å².